The molecule has 3 aromatic rings. The van der Waals surface area contributed by atoms with Crippen LogP contribution in [0, 0.1) is 24.4 Å². The van der Waals surface area contributed by atoms with Gasteiger partial charge in [0.25, 0.3) is 0 Å². The van der Waals surface area contributed by atoms with Crippen molar-refractivity contribution in [2.45, 2.75) is 13.1 Å². The predicted octanol–water partition coefficient (Wildman–Crippen LogP) is 6.87. The molecule has 0 heterocycles. The summed E-state index contributed by atoms with van der Waals surface area (Å²) in [5, 5.41) is 0. The van der Waals surface area contributed by atoms with Crippen LogP contribution in [0.2, 0.25) is 0 Å². The maximum atomic E-state index is 14.4. The molecular formula is C23H14F6O2. The van der Waals surface area contributed by atoms with Crippen LogP contribution in [-0.4, -0.2) is 12.1 Å². The molecule has 0 aromatic heterocycles. The number of rotatable bonds is 4. The Kier molecular flexibility index (Phi) is 6.19. The number of esters is 1. The Morgan fingerprint density at radius 1 is 0.839 bits per heavy atom. The van der Waals surface area contributed by atoms with Crippen molar-refractivity contribution in [2.75, 3.05) is 0 Å². The lowest BCUT2D eigenvalue weighted by Gasteiger charge is -2.09. The molecule has 3 aromatic carbocycles. The van der Waals surface area contributed by atoms with Gasteiger partial charge in [0.15, 0.2) is 0 Å². The van der Waals surface area contributed by atoms with Crippen LogP contribution in [0.5, 0.6) is 5.75 Å². The van der Waals surface area contributed by atoms with Gasteiger partial charge in [-0.1, -0.05) is 35.9 Å². The summed E-state index contributed by atoms with van der Waals surface area (Å²) in [7, 11) is 0. The zero-order chi connectivity index (χ0) is 22.8. The van der Waals surface area contributed by atoms with Crippen LogP contribution in [-0.2, 0) is 0 Å². The fourth-order valence-electron chi connectivity index (χ4n) is 2.73. The molecule has 0 aliphatic carbocycles. The van der Waals surface area contributed by atoms with E-state index in [2.05, 4.69) is 0 Å². The Balaban J connectivity index is 1.81. The van der Waals surface area contributed by atoms with Gasteiger partial charge >= 0.3 is 12.1 Å². The van der Waals surface area contributed by atoms with Crippen molar-refractivity contribution in [3.05, 3.63) is 94.8 Å². The summed E-state index contributed by atoms with van der Waals surface area (Å²) in [5.41, 5.74) is 0.815. The summed E-state index contributed by atoms with van der Waals surface area (Å²) >= 11 is 0. The number of carbonyl (C=O) groups excluding carboxylic acids is 1. The molecule has 0 bridgehead atoms. The highest BCUT2D eigenvalue weighted by atomic mass is 19.4. The predicted molar refractivity (Wildman–Crippen MR) is 103 cm³/mol. The van der Waals surface area contributed by atoms with Gasteiger partial charge in [0.1, 0.15) is 23.2 Å². The average Bonchev–Trinajstić information content (AvgIpc) is 2.66. The number of allylic oxidation sites excluding steroid dienone is 1. The van der Waals surface area contributed by atoms with E-state index in [1.54, 1.807) is 12.1 Å². The highest BCUT2D eigenvalue weighted by molar-refractivity contribution is 5.92. The van der Waals surface area contributed by atoms with Crippen molar-refractivity contribution < 1.29 is 35.9 Å². The monoisotopic (exact) mass is 436 g/mol. The minimum absolute atomic E-state index is 0.222. The zero-order valence-electron chi connectivity index (χ0n) is 15.9. The molecule has 0 saturated carbocycles. The Hall–Kier alpha value is -3.55. The van der Waals surface area contributed by atoms with E-state index in [9.17, 15) is 31.1 Å². The van der Waals surface area contributed by atoms with Crippen molar-refractivity contribution >= 4 is 12.0 Å². The summed E-state index contributed by atoms with van der Waals surface area (Å²) in [6, 6.07) is 12.1. The maximum Gasteiger partial charge on any atom is 0.409 e. The molecule has 0 unspecified atom stereocenters. The minimum Gasteiger partial charge on any atom is -0.423 e. The molecule has 0 N–H and O–H groups in total. The first-order valence-electron chi connectivity index (χ1n) is 8.87. The van der Waals surface area contributed by atoms with Crippen molar-refractivity contribution in [1.29, 1.82) is 0 Å². The van der Waals surface area contributed by atoms with Gasteiger partial charge in [0.05, 0.1) is 5.56 Å². The van der Waals surface area contributed by atoms with E-state index < -0.39 is 46.5 Å². The Labute approximate surface area is 173 Å². The molecule has 0 amide bonds. The first-order chi connectivity index (χ1) is 14.5. The van der Waals surface area contributed by atoms with E-state index in [1.807, 2.05) is 19.1 Å². The van der Waals surface area contributed by atoms with Crippen LogP contribution in [0.25, 0.3) is 17.2 Å². The van der Waals surface area contributed by atoms with E-state index in [4.69, 9.17) is 4.74 Å². The smallest absolute Gasteiger partial charge is 0.409 e. The molecule has 0 atom stereocenters. The number of ether oxygens (including phenoxy) is 1. The summed E-state index contributed by atoms with van der Waals surface area (Å²) in [6.45, 7) is 1.90. The van der Waals surface area contributed by atoms with Crippen molar-refractivity contribution in [3.8, 4) is 16.9 Å². The number of alkyl halides is 3. The summed E-state index contributed by atoms with van der Waals surface area (Å²) in [4.78, 5) is 12.2. The third-order valence-electron chi connectivity index (χ3n) is 4.28. The van der Waals surface area contributed by atoms with Gasteiger partial charge in [-0.15, -0.1) is 0 Å². The van der Waals surface area contributed by atoms with Crippen LogP contribution < -0.4 is 4.74 Å². The summed E-state index contributed by atoms with van der Waals surface area (Å²) < 4.78 is 83.8. The van der Waals surface area contributed by atoms with E-state index >= 15 is 0 Å². The Morgan fingerprint density at radius 2 is 1.42 bits per heavy atom. The molecule has 2 nitrogen and oxygen atoms in total. The molecule has 0 spiro atoms. The SMILES string of the molecule is Cc1ccc(-c2ccc(C(=O)Oc3cc(F)c(/C=C/C(F)(F)F)c(F)c3)c(F)c2)cc1. The second-order valence-corrected chi connectivity index (χ2v) is 6.63. The molecule has 0 saturated heterocycles. The standard InChI is InChI=1S/C23H14F6O2/c1-13-2-4-14(5-3-13)15-6-7-18(19(24)10-15)22(30)31-16-11-20(25)17(21(26)12-16)8-9-23(27,28)29/h2-12H,1H3/b9-8+. The van der Waals surface area contributed by atoms with Gasteiger partial charge in [-0.2, -0.15) is 13.2 Å². The second kappa shape index (κ2) is 8.67. The van der Waals surface area contributed by atoms with Gasteiger partial charge < -0.3 is 4.74 Å². The second-order valence-electron chi connectivity index (χ2n) is 6.63. The normalized spacial score (nSPS) is 11.7. The van der Waals surface area contributed by atoms with Crippen LogP contribution in [0.15, 0.2) is 60.7 Å². The molecule has 0 aliphatic rings. The molecule has 160 valence electrons. The quantitative estimate of drug-likeness (QED) is 0.253. The average molecular weight is 436 g/mol. The lowest BCUT2D eigenvalue weighted by Crippen LogP contribution is -2.11. The highest BCUT2D eigenvalue weighted by Crippen LogP contribution is 2.27. The van der Waals surface area contributed by atoms with Crippen LogP contribution >= 0.6 is 0 Å². The topological polar surface area (TPSA) is 26.3 Å². The number of hydrogen-bond donors (Lipinski definition) is 0. The van der Waals surface area contributed by atoms with Crippen LogP contribution in [0.4, 0.5) is 26.3 Å². The van der Waals surface area contributed by atoms with E-state index in [1.165, 1.54) is 12.1 Å². The van der Waals surface area contributed by atoms with Gasteiger partial charge in [-0.3, -0.25) is 0 Å². The molecule has 0 aliphatic heterocycles. The third kappa shape index (κ3) is 5.53. The van der Waals surface area contributed by atoms with Gasteiger partial charge in [0.2, 0.25) is 0 Å². The Morgan fingerprint density at radius 3 is 1.97 bits per heavy atom. The largest absolute Gasteiger partial charge is 0.423 e. The lowest BCUT2D eigenvalue weighted by atomic mass is 10.0. The van der Waals surface area contributed by atoms with Crippen molar-refractivity contribution in [1.82, 2.24) is 0 Å². The van der Waals surface area contributed by atoms with Crippen LogP contribution in [0.3, 0.4) is 0 Å². The first kappa shape index (κ1) is 22.1. The number of benzene rings is 3. The molecule has 0 fully saturated rings. The number of hydrogen-bond acceptors (Lipinski definition) is 2. The van der Waals surface area contributed by atoms with E-state index in [0.29, 0.717) is 17.7 Å². The van der Waals surface area contributed by atoms with Crippen molar-refractivity contribution in [3.63, 3.8) is 0 Å². The molecule has 3 rings (SSSR count). The van der Waals surface area contributed by atoms with E-state index in [0.717, 1.165) is 17.2 Å². The number of halogens is 6. The first-order valence-corrected chi connectivity index (χ1v) is 8.87. The maximum absolute atomic E-state index is 14.4. The van der Waals surface area contributed by atoms with Crippen molar-refractivity contribution in [2.24, 2.45) is 0 Å². The zero-order valence-corrected chi connectivity index (χ0v) is 15.9. The molecule has 8 heteroatoms. The fourth-order valence-corrected chi connectivity index (χ4v) is 2.73. The molecule has 0 radical (unpaired) electrons. The Bertz CT molecular complexity index is 1120. The number of carbonyl (C=O) groups is 1. The van der Waals surface area contributed by atoms with Gasteiger partial charge in [0, 0.05) is 23.8 Å². The third-order valence-corrected chi connectivity index (χ3v) is 4.28. The number of aryl methyl sites for hydroxylation is 1. The summed E-state index contributed by atoms with van der Waals surface area (Å²) in [6.07, 6.45) is -4.86. The molecular weight excluding hydrogens is 422 g/mol. The highest BCUT2D eigenvalue weighted by Gasteiger charge is 2.23. The summed E-state index contributed by atoms with van der Waals surface area (Å²) in [5.74, 6) is -5.50. The van der Waals surface area contributed by atoms with Gasteiger partial charge in [-0.25, -0.2) is 18.0 Å². The molecule has 31 heavy (non-hydrogen) atoms. The van der Waals surface area contributed by atoms with E-state index in [-0.39, 0.29) is 12.2 Å². The lowest BCUT2D eigenvalue weighted by molar-refractivity contribution is -0.0790. The fraction of sp³-hybridized carbons (Fsp3) is 0.0870. The van der Waals surface area contributed by atoms with Crippen LogP contribution in [0.1, 0.15) is 21.5 Å². The van der Waals surface area contributed by atoms with Gasteiger partial charge in [-0.05, 0) is 36.3 Å². The minimum atomic E-state index is -4.76.